The van der Waals surface area contributed by atoms with Gasteiger partial charge in [-0.1, -0.05) is 42.5 Å². The maximum Gasteiger partial charge on any atom is 0.262 e. The van der Waals surface area contributed by atoms with Crippen molar-refractivity contribution in [1.82, 2.24) is 18.9 Å². The summed E-state index contributed by atoms with van der Waals surface area (Å²) in [7, 11) is 0. The molecule has 170 valence electrons. The highest BCUT2D eigenvalue weighted by atomic mass is 32.1. The quantitative estimate of drug-likeness (QED) is 0.287. The lowest BCUT2D eigenvalue weighted by molar-refractivity contribution is 0.626. The smallest absolute Gasteiger partial charge is 0.262 e. The van der Waals surface area contributed by atoms with Crippen LogP contribution in [0.5, 0.6) is 0 Å². The highest BCUT2D eigenvalue weighted by Crippen LogP contribution is 2.35. The summed E-state index contributed by atoms with van der Waals surface area (Å²) in [5, 5.41) is 0.833. The minimum atomic E-state index is -0.363. The number of hydrogen-bond donors (Lipinski definition) is 0. The Labute approximate surface area is 204 Å². The third-order valence-electron chi connectivity index (χ3n) is 5.49. The largest absolute Gasteiger partial charge is 0.292 e. The first-order chi connectivity index (χ1) is 16.5. The molecule has 0 atom stereocenters. The van der Waals surface area contributed by atoms with Crippen LogP contribution in [0.1, 0.15) is 17.1 Å². The molecule has 0 bridgehead atoms. The molecule has 2 aromatic carbocycles. The van der Waals surface area contributed by atoms with Crippen molar-refractivity contribution >= 4 is 22.9 Å². The van der Waals surface area contributed by atoms with E-state index in [4.69, 9.17) is 4.98 Å². The van der Waals surface area contributed by atoms with Gasteiger partial charge in [0.2, 0.25) is 0 Å². The summed E-state index contributed by atoms with van der Waals surface area (Å²) in [4.78, 5) is 24.9. The molecule has 0 amide bonds. The average molecular weight is 489 g/mol. The molecule has 0 aliphatic carbocycles. The van der Waals surface area contributed by atoms with E-state index < -0.39 is 0 Å². The third kappa shape index (κ3) is 4.47. The molecule has 0 aliphatic heterocycles. The van der Waals surface area contributed by atoms with E-state index in [0.29, 0.717) is 35.6 Å². The van der Waals surface area contributed by atoms with Crippen molar-refractivity contribution in [2.45, 2.75) is 26.8 Å². The van der Waals surface area contributed by atoms with Gasteiger partial charge in [-0.3, -0.25) is 9.36 Å². The van der Waals surface area contributed by atoms with Crippen LogP contribution >= 0.6 is 22.9 Å². The maximum absolute atomic E-state index is 14.0. The number of hydrogen-bond acceptors (Lipinski definition) is 6. The monoisotopic (exact) mass is 488 g/mol. The normalized spacial score (nSPS) is 11.1. The second-order valence-corrected chi connectivity index (χ2v) is 9.74. The zero-order chi connectivity index (χ0) is 23.7. The summed E-state index contributed by atoms with van der Waals surface area (Å²) >= 11 is 2.85. The van der Waals surface area contributed by atoms with Gasteiger partial charge in [-0.25, -0.2) is 14.4 Å². The van der Waals surface area contributed by atoms with Crippen molar-refractivity contribution < 1.29 is 4.39 Å². The van der Waals surface area contributed by atoms with Gasteiger partial charge in [-0.15, -0.1) is 11.3 Å². The van der Waals surface area contributed by atoms with Crippen LogP contribution in [0.25, 0.3) is 31.7 Å². The minimum Gasteiger partial charge on any atom is -0.292 e. The van der Waals surface area contributed by atoms with Gasteiger partial charge in [0.1, 0.15) is 17.5 Å². The Morgan fingerprint density at radius 1 is 0.941 bits per heavy atom. The van der Waals surface area contributed by atoms with Crippen LogP contribution in [0.2, 0.25) is 0 Å². The molecule has 5 nitrogen and oxygen atoms in total. The molecule has 3 aromatic heterocycles. The SMILES string of the molecule is Cc1nsc(-c2ccc(-c3c(C)nc(-c4cccc(F)c4)n(CCc4ccccc4)c3=O)s2)n1. The Balaban J connectivity index is 1.62. The van der Waals surface area contributed by atoms with Crippen molar-refractivity contribution in [2.75, 3.05) is 0 Å². The van der Waals surface area contributed by atoms with Gasteiger partial charge < -0.3 is 0 Å². The van der Waals surface area contributed by atoms with E-state index in [9.17, 15) is 9.18 Å². The summed E-state index contributed by atoms with van der Waals surface area (Å²) in [6.45, 7) is 4.12. The van der Waals surface area contributed by atoms with Crippen molar-refractivity contribution in [1.29, 1.82) is 0 Å². The number of nitrogens with zero attached hydrogens (tertiary/aromatic N) is 4. The van der Waals surface area contributed by atoms with Gasteiger partial charge in [0.05, 0.1) is 16.1 Å². The molecule has 0 unspecified atom stereocenters. The molecule has 0 saturated carbocycles. The van der Waals surface area contributed by atoms with Gasteiger partial charge in [0, 0.05) is 17.0 Å². The Bertz CT molecular complexity index is 1520. The van der Waals surface area contributed by atoms with E-state index in [1.54, 1.807) is 16.7 Å². The zero-order valence-electron chi connectivity index (χ0n) is 18.7. The molecule has 0 spiro atoms. The standard InChI is InChI=1S/C26H21FN4OS2/c1-16-23(21-11-12-22(33-21)25-29-17(2)30-34-25)26(32)31(14-13-18-7-4-3-5-8-18)24(28-16)19-9-6-10-20(27)15-19/h3-12,15H,13-14H2,1-2H3. The number of benzene rings is 2. The van der Waals surface area contributed by atoms with Crippen molar-refractivity contribution in [2.24, 2.45) is 0 Å². The van der Waals surface area contributed by atoms with Gasteiger partial charge in [0.25, 0.3) is 5.56 Å². The second-order valence-electron chi connectivity index (χ2n) is 7.91. The number of rotatable bonds is 6. The fourth-order valence-electron chi connectivity index (χ4n) is 3.87. The summed E-state index contributed by atoms with van der Waals surface area (Å²) in [5.74, 6) is 0.840. The number of aryl methyl sites for hydroxylation is 3. The van der Waals surface area contributed by atoms with Crippen LogP contribution in [-0.4, -0.2) is 18.9 Å². The van der Waals surface area contributed by atoms with E-state index in [1.165, 1.54) is 35.0 Å². The van der Waals surface area contributed by atoms with Gasteiger partial charge in [0.15, 0.2) is 5.01 Å². The van der Waals surface area contributed by atoms with Gasteiger partial charge >= 0.3 is 0 Å². The van der Waals surface area contributed by atoms with Crippen LogP contribution in [0.3, 0.4) is 0 Å². The molecule has 0 radical (unpaired) electrons. The fourth-order valence-corrected chi connectivity index (χ4v) is 5.68. The summed E-state index contributed by atoms with van der Waals surface area (Å²) in [6.07, 6.45) is 0.660. The number of thiophene rings is 1. The minimum absolute atomic E-state index is 0.135. The average Bonchev–Trinajstić information content (AvgIpc) is 3.48. The maximum atomic E-state index is 14.0. The topological polar surface area (TPSA) is 60.7 Å². The molecule has 0 N–H and O–H groups in total. The molecular weight excluding hydrogens is 467 g/mol. The number of halogens is 1. The van der Waals surface area contributed by atoms with Crippen LogP contribution in [0.4, 0.5) is 4.39 Å². The molecule has 8 heteroatoms. The van der Waals surface area contributed by atoms with Crippen LogP contribution in [-0.2, 0) is 13.0 Å². The van der Waals surface area contributed by atoms with Gasteiger partial charge in [-0.2, -0.15) is 4.37 Å². The molecule has 34 heavy (non-hydrogen) atoms. The predicted molar refractivity (Wildman–Crippen MR) is 136 cm³/mol. The van der Waals surface area contributed by atoms with E-state index in [2.05, 4.69) is 9.36 Å². The van der Waals surface area contributed by atoms with Crippen LogP contribution < -0.4 is 5.56 Å². The van der Waals surface area contributed by atoms with Crippen molar-refractivity contribution in [3.8, 4) is 31.7 Å². The first-order valence-corrected chi connectivity index (χ1v) is 12.4. The number of aromatic nitrogens is 4. The summed E-state index contributed by atoms with van der Waals surface area (Å²) in [6, 6.07) is 20.1. The van der Waals surface area contributed by atoms with E-state index in [1.807, 2.05) is 56.3 Å². The predicted octanol–water partition coefficient (Wildman–Crippen LogP) is 6.16. The second kappa shape index (κ2) is 9.40. The third-order valence-corrected chi connectivity index (χ3v) is 7.57. The lowest BCUT2D eigenvalue weighted by Crippen LogP contribution is -2.26. The van der Waals surface area contributed by atoms with Crippen LogP contribution in [0.15, 0.2) is 71.5 Å². The molecule has 0 aliphatic rings. The Hall–Kier alpha value is -3.49. The lowest BCUT2D eigenvalue weighted by atomic mass is 10.1. The van der Waals surface area contributed by atoms with Gasteiger partial charge in [-0.05, 0) is 61.6 Å². The first-order valence-electron chi connectivity index (χ1n) is 10.8. The fraction of sp³-hybridized carbons (Fsp3) is 0.154. The Morgan fingerprint density at radius 2 is 1.74 bits per heavy atom. The van der Waals surface area contributed by atoms with E-state index in [0.717, 1.165) is 26.1 Å². The first kappa shape index (κ1) is 22.3. The Morgan fingerprint density at radius 3 is 2.47 bits per heavy atom. The highest BCUT2D eigenvalue weighted by molar-refractivity contribution is 7.22. The lowest BCUT2D eigenvalue weighted by Gasteiger charge is -2.16. The zero-order valence-corrected chi connectivity index (χ0v) is 20.3. The van der Waals surface area contributed by atoms with Crippen LogP contribution in [0, 0.1) is 19.7 Å². The van der Waals surface area contributed by atoms with E-state index in [-0.39, 0.29) is 11.4 Å². The molecule has 5 aromatic rings. The summed E-state index contributed by atoms with van der Waals surface area (Å²) in [5.41, 5.74) is 2.74. The highest BCUT2D eigenvalue weighted by Gasteiger charge is 2.19. The van der Waals surface area contributed by atoms with E-state index >= 15 is 0 Å². The molecule has 0 saturated heterocycles. The Kier molecular flexibility index (Phi) is 6.17. The molecular formula is C26H21FN4OS2. The van der Waals surface area contributed by atoms with Crippen molar-refractivity contribution in [3.63, 3.8) is 0 Å². The molecule has 0 fully saturated rings. The molecule has 5 rings (SSSR count). The van der Waals surface area contributed by atoms with Crippen molar-refractivity contribution in [3.05, 3.63) is 100.0 Å². The molecule has 3 heterocycles. The summed E-state index contributed by atoms with van der Waals surface area (Å²) < 4.78 is 19.9.